The van der Waals surface area contributed by atoms with Crippen molar-refractivity contribution in [2.24, 2.45) is 0 Å². The number of nitrogens with one attached hydrogen (secondary N) is 2. The summed E-state index contributed by atoms with van der Waals surface area (Å²) in [5, 5.41) is 5.39. The Morgan fingerprint density at radius 1 is 1.07 bits per heavy atom. The Balaban J connectivity index is 1.91. The van der Waals surface area contributed by atoms with Crippen molar-refractivity contribution in [3.63, 3.8) is 0 Å². The van der Waals surface area contributed by atoms with Gasteiger partial charge in [-0.2, -0.15) is 0 Å². The number of sulfonamides is 1. The summed E-state index contributed by atoms with van der Waals surface area (Å²) in [5.74, 6) is -0.603. The summed E-state index contributed by atoms with van der Waals surface area (Å²) in [7, 11) is -2.10. The minimum Gasteiger partial charge on any atom is -0.349 e. The van der Waals surface area contributed by atoms with E-state index in [0.29, 0.717) is 24.2 Å². The maximum absolute atomic E-state index is 12.5. The zero-order valence-electron chi connectivity index (χ0n) is 16.3. The van der Waals surface area contributed by atoms with Crippen molar-refractivity contribution in [3.05, 3.63) is 72.8 Å². The Morgan fingerprint density at radius 2 is 1.72 bits per heavy atom. The molecule has 0 aliphatic heterocycles. The van der Waals surface area contributed by atoms with E-state index in [1.54, 1.807) is 48.5 Å². The zero-order valence-corrected chi connectivity index (χ0v) is 17.1. The van der Waals surface area contributed by atoms with Crippen LogP contribution in [-0.2, 0) is 14.8 Å². The lowest BCUT2D eigenvalue weighted by molar-refractivity contribution is -0.116. The van der Waals surface area contributed by atoms with Gasteiger partial charge in [0.1, 0.15) is 0 Å². The largest absolute Gasteiger partial charge is 0.349 e. The molecule has 2 aromatic carbocycles. The lowest BCUT2D eigenvalue weighted by atomic mass is 10.1. The first-order valence-corrected chi connectivity index (χ1v) is 10.6. The topological polar surface area (TPSA) is 95.6 Å². The molecule has 0 atom stereocenters. The number of nitrogens with zero attached hydrogens (tertiary/aromatic N) is 1. The van der Waals surface area contributed by atoms with Gasteiger partial charge in [0, 0.05) is 26.6 Å². The zero-order chi connectivity index (χ0) is 21.3. The Morgan fingerprint density at radius 3 is 2.41 bits per heavy atom. The van der Waals surface area contributed by atoms with E-state index in [4.69, 9.17) is 0 Å². The number of carbonyl (C=O) groups is 2. The van der Waals surface area contributed by atoms with E-state index in [1.807, 2.05) is 0 Å². The van der Waals surface area contributed by atoms with E-state index in [0.717, 1.165) is 0 Å². The van der Waals surface area contributed by atoms with Gasteiger partial charge in [-0.1, -0.05) is 36.4 Å². The van der Waals surface area contributed by atoms with Crippen molar-refractivity contribution in [2.75, 3.05) is 25.5 Å². The van der Waals surface area contributed by atoms with Crippen LogP contribution in [0.3, 0.4) is 0 Å². The van der Waals surface area contributed by atoms with Crippen LogP contribution in [0.25, 0.3) is 0 Å². The van der Waals surface area contributed by atoms with E-state index in [-0.39, 0.29) is 29.7 Å². The van der Waals surface area contributed by atoms with Gasteiger partial charge in [-0.15, -0.1) is 6.58 Å². The minimum atomic E-state index is -3.58. The van der Waals surface area contributed by atoms with Gasteiger partial charge in [-0.25, -0.2) is 12.7 Å². The van der Waals surface area contributed by atoms with Crippen molar-refractivity contribution in [1.82, 2.24) is 9.62 Å². The average molecular weight is 416 g/mol. The molecule has 0 radical (unpaired) electrons. The van der Waals surface area contributed by atoms with Gasteiger partial charge in [0.2, 0.25) is 15.9 Å². The monoisotopic (exact) mass is 415 g/mol. The number of benzene rings is 2. The molecule has 0 fully saturated rings. The van der Waals surface area contributed by atoms with E-state index in [9.17, 15) is 18.0 Å². The van der Waals surface area contributed by atoms with Gasteiger partial charge < -0.3 is 10.6 Å². The highest BCUT2D eigenvalue weighted by Gasteiger charge is 2.20. The molecule has 2 rings (SSSR count). The number of amides is 2. The van der Waals surface area contributed by atoms with Crippen LogP contribution in [0, 0.1) is 0 Å². The third-order valence-corrected chi connectivity index (χ3v) is 6.05. The predicted molar refractivity (Wildman–Crippen MR) is 113 cm³/mol. The van der Waals surface area contributed by atoms with Crippen LogP contribution in [-0.4, -0.2) is 44.7 Å². The molecule has 7 nitrogen and oxygen atoms in total. The highest BCUT2D eigenvalue weighted by atomic mass is 32.2. The first kappa shape index (κ1) is 22.3. The third-order valence-electron chi connectivity index (χ3n) is 4.18. The third kappa shape index (κ3) is 6.27. The number of anilines is 1. The molecule has 0 aliphatic rings. The van der Waals surface area contributed by atoms with E-state index < -0.39 is 10.0 Å². The maximum Gasteiger partial charge on any atom is 0.253 e. The number of carbonyl (C=O) groups excluding carboxylic acids is 2. The van der Waals surface area contributed by atoms with Gasteiger partial charge in [0.25, 0.3) is 5.91 Å². The van der Waals surface area contributed by atoms with Crippen LogP contribution in [0.4, 0.5) is 5.69 Å². The van der Waals surface area contributed by atoms with Crippen LogP contribution < -0.4 is 10.6 Å². The molecule has 0 bridgehead atoms. The Kier molecular flexibility index (Phi) is 8.11. The summed E-state index contributed by atoms with van der Waals surface area (Å²) < 4.78 is 26.2. The molecular formula is C21H25N3O4S. The van der Waals surface area contributed by atoms with Crippen LogP contribution >= 0.6 is 0 Å². The highest BCUT2D eigenvalue weighted by Crippen LogP contribution is 2.16. The fraction of sp³-hybridized carbons (Fsp3) is 0.238. The summed E-state index contributed by atoms with van der Waals surface area (Å²) in [4.78, 5) is 24.7. The molecule has 2 amide bonds. The van der Waals surface area contributed by atoms with Crippen LogP contribution in [0.2, 0.25) is 0 Å². The molecule has 2 N–H and O–H groups in total. The molecule has 154 valence electrons. The Bertz CT molecular complexity index is 959. The second-order valence-corrected chi connectivity index (χ2v) is 8.38. The smallest absolute Gasteiger partial charge is 0.253 e. The number of rotatable bonds is 10. The van der Waals surface area contributed by atoms with Gasteiger partial charge in [-0.05, 0) is 30.7 Å². The molecular weight excluding hydrogens is 390 g/mol. The van der Waals surface area contributed by atoms with Crippen molar-refractivity contribution < 1.29 is 18.0 Å². The first-order chi connectivity index (χ1) is 13.9. The molecule has 29 heavy (non-hydrogen) atoms. The number of para-hydroxylation sites is 1. The van der Waals surface area contributed by atoms with Crippen molar-refractivity contribution in [2.45, 2.75) is 17.7 Å². The number of hydrogen-bond donors (Lipinski definition) is 2. The molecule has 0 saturated carbocycles. The fourth-order valence-electron chi connectivity index (χ4n) is 2.62. The molecule has 0 spiro atoms. The van der Waals surface area contributed by atoms with Gasteiger partial charge in [0.15, 0.2) is 0 Å². The minimum absolute atomic E-state index is 0.122. The first-order valence-electron chi connectivity index (χ1n) is 9.15. The summed E-state index contributed by atoms with van der Waals surface area (Å²) in [6.07, 6.45) is 2.04. The normalized spacial score (nSPS) is 11.1. The van der Waals surface area contributed by atoms with Gasteiger partial charge in [0.05, 0.1) is 16.1 Å². The van der Waals surface area contributed by atoms with E-state index in [1.165, 1.54) is 23.5 Å². The van der Waals surface area contributed by atoms with Crippen molar-refractivity contribution in [1.29, 1.82) is 0 Å². The summed E-state index contributed by atoms with van der Waals surface area (Å²) in [5.41, 5.74) is 0.760. The van der Waals surface area contributed by atoms with Crippen LogP contribution in [0.5, 0.6) is 0 Å². The Hall–Kier alpha value is -2.97. The van der Waals surface area contributed by atoms with Gasteiger partial charge >= 0.3 is 0 Å². The molecule has 0 aliphatic carbocycles. The Labute approximate surface area is 171 Å². The lowest BCUT2D eigenvalue weighted by Gasteiger charge is -2.17. The lowest BCUT2D eigenvalue weighted by Crippen LogP contribution is -2.29. The second kappa shape index (κ2) is 10.5. The summed E-state index contributed by atoms with van der Waals surface area (Å²) in [6.45, 7) is 4.07. The summed E-state index contributed by atoms with van der Waals surface area (Å²) in [6, 6.07) is 14.8. The highest BCUT2D eigenvalue weighted by molar-refractivity contribution is 7.89. The standard InChI is InChI=1S/C21H25N3O4S/c1-3-15-22-21(26)18-12-7-8-13-19(18)23-20(25)14-9-16-24(2)29(27,28)17-10-5-4-6-11-17/h3-8,10-13H,1,9,14-16H2,2H3,(H,22,26)(H,23,25). The van der Waals surface area contributed by atoms with Crippen molar-refractivity contribution in [3.8, 4) is 0 Å². The fourth-order valence-corrected chi connectivity index (χ4v) is 3.85. The van der Waals surface area contributed by atoms with E-state index >= 15 is 0 Å². The van der Waals surface area contributed by atoms with E-state index in [2.05, 4.69) is 17.2 Å². The second-order valence-electron chi connectivity index (χ2n) is 6.34. The maximum atomic E-state index is 12.5. The quantitative estimate of drug-likeness (QED) is 0.583. The number of hydrogen-bond acceptors (Lipinski definition) is 4. The average Bonchev–Trinajstić information content (AvgIpc) is 2.72. The molecule has 0 saturated heterocycles. The molecule has 0 aromatic heterocycles. The van der Waals surface area contributed by atoms with Crippen molar-refractivity contribution >= 4 is 27.5 Å². The molecule has 0 unspecified atom stereocenters. The summed E-state index contributed by atoms with van der Waals surface area (Å²) >= 11 is 0. The van der Waals surface area contributed by atoms with Crippen LogP contribution in [0.15, 0.2) is 72.1 Å². The SMILES string of the molecule is C=CCNC(=O)c1ccccc1NC(=O)CCCN(C)S(=O)(=O)c1ccccc1. The molecule has 0 heterocycles. The van der Waals surface area contributed by atoms with Gasteiger partial charge in [-0.3, -0.25) is 9.59 Å². The molecule has 8 heteroatoms. The van der Waals surface area contributed by atoms with Crippen LogP contribution in [0.1, 0.15) is 23.2 Å². The predicted octanol–water partition coefficient (Wildman–Crippen LogP) is 2.64. The molecule has 2 aromatic rings.